The number of benzene rings is 1. The lowest BCUT2D eigenvalue weighted by atomic mass is 10.3. The van der Waals surface area contributed by atoms with Gasteiger partial charge >= 0.3 is 0 Å². The molecule has 0 heterocycles. The van der Waals surface area contributed by atoms with E-state index in [1.165, 1.54) is 0 Å². The van der Waals surface area contributed by atoms with Crippen LogP contribution < -0.4 is 4.74 Å². The second-order valence-electron chi connectivity index (χ2n) is 2.81. The average molecular weight is 214 g/mol. The summed E-state index contributed by atoms with van der Waals surface area (Å²) in [6.45, 7) is 4.10. The van der Waals surface area contributed by atoms with Crippen molar-refractivity contribution in [2.45, 2.75) is 18.7 Å². The van der Waals surface area contributed by atoms with Crippen molar-refractivity contribution in [3.63, 3.8) is 0 Å². The van der Waals surface area contributed by atoms with Crippen molar-refractivity contribution >= 4 is 9.84 Å². The maximum Gasteiger partial charge on any atom is 0.178 e. The Morgan fingerprint density at radius 1 is 1.14 bits per heavy atom. The van der Waals surface area contributed by atoms with E-state index in [4.69, 9.17) is 4.74 Å². The summed E-state index contributed by atoms with van der Waals surface area (Å²) >= 11 is 0. The Kier molecular flexibility index (Phi) is 3.52. The minimum Gasteiger partial charge on any atom is -0.494 e. The molecule has 0 saturated carbocycles. The van der Waals surface area contributed by atoms with E-state index in [1.54, 1.807) is 31.2 Å². The number of sulfone groups is 1. The molecule has 1 rings (SSSR count). The van der Waals surface area contributed by atoms with E-state index in [2.05, 4.69) is 0 Å². The van der Waals surface area contributed by atoms with Crippen molar-refractivity contribution in [1.29, 1.82) is 0 Å². The predicted molar refractivity (Wildman–Crippen MR) is 55.3 cm³/mol. The van der Waals surface area contributed by atoms with Gasteiger partial charge in [-0.05, 0) is 31.2 Å². The molecule has 0 aromatic heterocycles. The summed E-state index contributed by atoms with van der Waals surface area (Å²) in [5, 5.41) is 0. The van der Waals surface area contributed by atoms with Gasteiger partial charge < -0.3 is 4.74 Å². The van der Waals surface area contributed by atoms with Crippen LogP contribution >= 0.6 is 0 Å². The Labute approximate surface area is 84.6 Å². The molecule has 78 valence electrons. The van der Waals surface area contributed by atoms with Gasteiger partial charge in [0.2, 0.25) is 0 Å². The predicted octanol–water partition coefficient (Wildman–Crippen LogP) is 1.88. The lowest BCUT2D eigenvalue weighted by Crippen LogP contribution is -2.03. The summed E-state index contributed by atoms with van der Waals surface area (Å²) in [5.41, 5.74) is 0. The maximum atomic E-state index is 11.4. The summed E-state index contributed by atoms with van der Waals surface area (Å²) in [6.07, 6.45) is 0. The Hall–Kier alpha value is -1.03. The third-order valence-corrected chi connectivity index (χ3v) is 3.62. The zero-order valence-electron chi connectivity index (χ0n) is 8.36. The van der Waals surface area contributed by atoms with E-state index in [1.807, 2.05) is 6.92 Å². The van der Waals surface area contributed by atoms with Crippen LogP contribution in [-0.2, 0) is 9.84 Å². The first-order valence-corrected chi connectivity index (χ1v) is 6.21. The van der Waals surface area contributed by atoms with Gasteiger partial charge in [0.25, 0.3) is 0 Å². The van der Waals surface area contributed by atoms with Crippen molar-refractivity contribution in [3.05, 3.63) is 24.3 Å². The summed E-state index contributed by atoms with van der Waals surface area (Å²) in [6, 6.07) is 6.49. The second kappa shape index (κ2) is 4.46. The molecule has 0 unspecified atom stereocenters. The average Bonchev–Trinajstić information content (AvgIpc) is 2.19. The molecular weight excluding hydrogens is 200 g/mol. The zero-order chi connectivity index (χ0) is 10.6. The summed E-state index contributed by atoms with van der Waals surface area (Å²) in [7, 11) is -3.09. The molecular formula is C10H14O3S. The maximum absolute atomic E-state index is 11.4. The van der Waals surface area contributed by atoms with Gasteiger partial charge in [0.05, 0.1) is 17.3 Å². The first-order valence-electron chi connectivity index (χ1n) is 4.55. The van der Waals surface area contributed by atoms with Gasteiger partial charge in [-0.15, -0.1) is 0 Å². The van der Waals surface area contributed by atoms with Crippen LogP contribution in [-0.4, -0.2) is 20.8 Å². The molecule has 0 amide bonds. The monoisotopic (exact) mass is 214 g/mol. The van der Waals surface area contributed by atoms with Crippen LogP contribution in [0.25, 0.3) is 0 Å². The van der Waals surface area contributed by atoms with Crippen molar-refractivity contribution in [2.24, 2.45) is 0 Å². The molecule has 0 fully saturated rings. The van der Waals surface area contributed by atoms with E-state index in [-0.39, 0.29) is 5.75 Å². The molecule has 14 heavy (non-hydrogen) atoms. The zero-order valence-corrected chi connectivity index (χ0v) is 9.17. The Morgan fingerprint density at radius 2 is 1.71 bits per heavy atom. The molecule has 0 aliphatic heterocycles. The van der Waals surface area contributed by atoms with Crippen LogP contribution in [0.4, 0.5) is 0 Å². The molecule has 0 aliphatic rings. The van der Waals surface area contributed by atoms with Crippen LogP contribution in [0.1, 0.15) is 13.8 Å². The molecule has 0 N–H and O–H groups in total. The molecule has 0 bridgehead atoms. The summed E-state index contributed by atoms with van der Waals surface area (Å²) in [4.78, 5) is 0.350. The van der Waals surface area contributed by atoms with Crippen molar-refractivity contribution in [1.82, 2.24) is 0 Å². The van der Waals surface area contributed by atoms with Gasteiger partial charge in [-0.2, -0.15) is 0 Å². The highest BCUT2D eigenvalue weighted by Gasteiger charge is 2.10. The van der Waals surface area contributed by atoms with Gasteiger partial charge in [-0.25, -0.2) is 8.42 Å². The molecule has 1 aromatic carbocycles. The highest BCUT2D eigenvalue weighted by atomic mass is 32.2. The van der Waals surface area contributed by atoms with Gasteiger partial charge in [0, 0.05) is 0 Å². The molecule has 0 atom stereocenters. The topological polar surface area (TPSA) is 43.4 Å². The number of hydrogen-bond acceptors (Lipinski definition) is 3. The van der Waals surface area contributed by atoms with Gasteiger partial charge in [-0.1, -0.05) is 6.92 Å². The molecule has 0 saturated heterocycles. The van der Waals surface area contributed by atoms with E-state index >= 15 is 0 Å². The van der Waals surface area contributed by atoms with E-state index in [0.717, 1.165) is 0 Å². The highest BCUT2D eigenvalue weighted by Crippen LogP contribution is 2.16. The lowest BCUT2D eigenvalue weighted by Gasteiger charge is -2.04. The SMILES string of the molecule is CCOc1ccc(S(=O)(=O)CC)cc1. The van der Waals surface area contributed by atoms with Gasteiger partial charge in [0.15, 0.2) is 9.84 Å². The van der Waals surface area contributed by atoms with Crippen LogP contribution in [0.2, 0.25) is 0 Å². The van der Waals surface area contributed by atoms with Crippen LogP contribution in [0.3, 0.4) is 0 Å². The van der Waals surface area contributed by atoms with E-state index in [0.29, 0.717) is 17.3 Å². The summed E-state index contributed by atoms with van der Waals surface area (Å²) < 4.78 is 28.1. The van der Waals surface area contributed by atoms with Crippen molar-refractivity contribution in [3.8, 4) is 5.75 Å². The Bertz CT molecular complexity index is 378. The second-order valence-corrected chi connectivity index (χ2v) is 5.09. The molecule has 0 aliphatic carbocycles. The standard InChI is InChI=1S/C10H14O3S/c1-3-13-9-5-7-10(8-6-9)14(11,12)4-2/h5-8H,3-4H2,1-2H3. The first-order chi connectivity index (χ1) is 6.60. The van der Waals surface area contributed by atoms with E-state index in [9.17, 15) is 8.42 Å². The fraction of sp³-hybridized carbons (Fsp3) is 0.400. The molecule has 0 spiro atoms. The Morgan fingerprint density at radius 3 is 2.14 bits per heavy atom. The highest BCUT2D eigenvalue weighted by molar-refractivity contribution is 7.91. The van der Waals surface area contributed by atoms with Crippen molar-refractivity contribution in [2.75, 3.05) is 12.4 Å². The first kappa shape index (κ1) is 11.0. The number of ether oxygens (including phenoxy) is 1. The third kappa shape index (κ3) is 2.48. The van der Waals surface area contributed by atoms with Crippen LogP contribution in [0.15, 0.2) is 29.2 Å². The normalized spacial score (nSPS) is 11.3. The fourth-order valence-corrected chi connectivity index (χ4v) is 1.96. The number of hydrogen-bond donors (Lipinski definition) is 0. The quantitative estimate of drug-likeness (QED) is 0.768. The van der Waals surface area contributed by atoms with E-state index < -0.39 is 9.84 Å². The summed E-state index contributed by atoms with van der Waals surface area (Å²) in [5.74, 6) is 0.823. The minimum absolute atomic E-state index is 0.126. The lowest BCUT2D eigenvalue weighted by molar-refractivity contribution is 0.340. The van der Waals surface area contributed by atoms with Crippen LogP contribution in [0, 0.1) is 0 Å². The van der Waals surface area contributed by atoms with Gasteiger partial charge in [0.1, 0.15) is 5.75 Å². The molecule has 3 nitrogen and oxygen atoms in total. The third-order valence-electron chi connectivity index (χ3n) is 1.87. The molecule has 1 aromatic rings. The van der Waals surface area contributed by atoms with Crippen LogP contribution in [0.5, 0.6) is 5.75 Å². The van der Waals surface area contributed by atoms with Crippen molar-refractivity contribution < 1.29 is 13.2 Å². The minimum atomic E-state index is -3.09. The smallest absolute Gasteiger partial charge is 0.178 e. The molecule has 4 heteroatoms. The Balaban J connectivity index is 2.94. The fourth-order valence-electron chi connectivity index (χ4n) is 1.08. The molecule has 0 radical (unpaired) electrons. The largest absolute Gasteiger partial charge is 0.494 e. The van der Waals surface area contributed by atoms with Gasteiger partial charge in [-0.3, -0.25) is 0 Å². The number of rotatable bonds is 4.